The second kappa shape index (κ2) is 14.8. The molecule has 0 amide bonds. The molecule has 18 rings (SSSR count). The summed E-state index contributed by atoms with van der Waals surface area (Å²) in [5.74, 6) is 7.37. The molecule has 0 spiro atoms. The van der Waals surface area contributed by atoms with Crippen LogP contribution in [0.5, 0.6) is 0 Å². The van der Waals surface area contributed by atoms with Crippen molar-refractivity contribution in [3.05, 3.63) is 169 Å². The van der Waals surface area contributed by atoms with Gasteiger partial charge in [0.2, 0.25) is 0 Å². The highest BCUT2D eigenvalue weighted by Gasteiger charge is 2.52. The average Bonchev–Trinajstić information content (AvgIpc) is 3.94. The van der Waals surface area contributed by atoms with Crippen molar-refractivity contribution in [2.45, 2.75) is 87.9 Å². The van der Waals surface area contributed by atoms with E-state index in [4.69, 9.17) is 19.4 Å². The van der Waals surface area contributed by atoms with E-state index in [1.54, 1.807) is 5.56 Å². The maximum absolute atomic E-state index is 6.83. The molecule has 0 unspecified atom stereocenters. The summed E-state index contributed by atoms with van der Waals surface area (Å²) in [5, 5.41) is 4.68. The normalized spacial score (nSPS) is 27.4. The zero-order chi connectivity index (χ0) is 45.7. The predicted octanol–water partition coefficient (Wildman–Crippen LogP) is 16.5. The number of rotatable bonds is 7. The molecule has 3 heterocycles. The number of furan rings is 1. The molecule has 0 saturated heterocycles. The van der Waals surface area contributed by atoms with Crippen molar-refractivity contribution in [1.82, 2.24) is 19.5 Å². The first-order valence-corrected chi connectivity index (χ1v) is 26.5. The van der Waals surface area contributed by atoms with Crippen LogP contribution in [0.25, 0.3) is 94.7 Å². The largest absolute Gasteiger partial charge is 0.455 e. The van der Waals surface area contributed by atoms with Gasteiger partial charge >= 0.3 is 0 Å². The van der Waals surface area contributed by atoms with Crippen LogP contribution in [-0.4, -0.2) is 19.5 Å². The molecule has 10 aromatic rings. The molecular weight excluding hydrogens is 853 g/mol. The van der Waals surface area contributed by atoms with Crippen molar-refractivity contribution in [3.63, 3.8) is 0 Å². The lowest BCUT2D eigenvalue weighted by atomic mass is 9.48. The van der Waals surface area contributed by atoms with Crippen molar-refractivity contribution in [2.75, 3.05) is 0 Å². The fourth-order valence-corrected chi connectivity index (χ4v) is 16.8. The van der Waals surface area contributed by atoms with E-state index in [0.29, 0.717) is 28.3 Å². The van der Waals surface area contributed by atoms with E-state index >= 15 is 0 Å². The van der Waals surface area contributed by atoms with Gasteiger partial charge in [-0.2, -0.15) is 0 Å². The summed E-state index contributed by atoms with van der Waals surface area (Å²) in [6.07, 6.45) is 16.9. The molecule has 8 aliphatic carbocycles. The summed E-state index contributed by atoms with van der Waals surface area (Å²) < 4.78 is 9.20. The molecule has 0 radical (unpaired) electrons. The first-order chi connectivity index (χ1) is 34.5. The van der Waals surface area contributed by atoms with Gasteiger partial charge in [0.15, 0.2) is 17.5 Å². The van der Waals surface area contributed by atoms with Crippen LogP contribution in [0.15, 0.2) is 162 Å². The number of aromatic nitrogens is 4. The number of fused-ring (bicyclic) bond motifs is 6. The minimum absolute atomic E-state index is 0.321. The van der Waals surface area contributed by atoms with E-state index in [1.165, 1.54) is 110 Å². The van der Waals surface area contributed by atoms with Gasteiger partial charge in [-0.05, 0) is 200 Å². The first kappa shape index (κ1) is 39.9. The zero-order valence-electron chi connectivity index (χ0n) is 39.7. The lowest BCUT2D eigenvalue weighted by Crippen LogP contribution is -2.48. The van der Waals surface area contributed by atoms with Gasteiger partial charge in [-0.3, -0.25) is 0 Å². The van der Waals surface area contributed by atoms with Gasteiger partial charge in [0.1, 0.15) is 11.2 Å². The molecule has 0 N–H and O–H groups in total. The standard InChI is InChI=1S/C65H56N4O/c1-4-10-57-52(7-1)53-8-2-5-11-58(53)69(57)51-23-17-47(18-24-51)62-66-61(46-15-21-50(22-16-46)65-36-42-28-43(37-65)30-44(29-42)38-65)67-63(68-62)56-32-48(31-55-54-9-3-6-12-59(54)70-60(55)56)45-13-19-49(20-14-45)64-33-39-25-40(34-64)27-41(26-39)35-64/h1-24,31-32,39-44H,25-30,33-38H2. The Morgan fingerprint density at radius 2 is 0.814 bits per heavy atom. The highest BCUT2D eigenvalue weighted by molar-refractivity contribution is 6.11. The molecule has 7 aromatic carbocycles. The third kappa shape index (κ3) is 6.12. The number of hydrogen-bond acceptors (Lipinski definition) is 4. The van der Waals surface area contributed by atoms with Gasteiger partial charge in [0.25, 0.3) is 0 Å². The van der Waals surface area contributed by atoms with Crippen LogP contribution in [0.1, 0.15) is 88.2 Å². The van der Waals surface area contributed by atoms with Crippen molar-refractivity contribution in [2.24, 2.45) is 35.5 Å². The first-order valence-electron chi connectivity index (χ1n) is 26.5. The van der Waals surface area contributed by atoms with E-state index in [1.807, 2.05) is 0 Å². The molecule has 5 nitrogen and oxygen atoms in total. The quantitative estimate of drug-likeness (QED) is 0.160. The van der Waals surface area contributed by atoms with Gasteiger partial charge in [-0.15, -0.1) is 0 Å². The topological polar surface area (TPSA) is 56.7 Å². The van der Waals surface area contributed by atoms with Crippen LogP contribution in [0.2, 0.25) is 0 Å². The molecule has 342 valence electrons. The summed E-state index contributed by atoms with van der Waals surface area (Å²) in [7, 11) is 0. The Balaban J connectivity index is 0.840. The second-order valence-electron chi connectivity index (χ2n) is 23.3. The Bertz CT molecular complexity index is 3600. The summed E-state index contributed by atoms with van der Waals surface area (Å²) in [4.78, 5) is 16.2. The molecule has 8 saturated carbocycles. The molecule has 8 aliphatic rings. The Labute approximate surface area is 409 Å². The maximum atomic E-state index is 6.83. The number of hydrogen-bond donors (Lipinski definition) is 0. The SMILES string of the molecule is c1ccc2c(c1)oc1c(-c3nc(-c4ccc(-n5c6ccccc6c6ccccc65)cc4)nc(-c4ccc(C56CC7CC(CC(C7)C5)C6)cc4)n3)cc(-c3ccc(C45CC6CC(CC(C6)C4)C5)cc3)cc12. The number of para-hydroxylation sites is 3. The Morgan fingerprint density at radius 3 is 1.33 bits per heavy atom. The molecular formula is C65H56N4O. The minimum Gasteiger partial charge on any atom is -0.455 e. The molecule has 70 heavy (non-hydrogen) atoms. The second-order valence-corrected chi connectivity index (χ2v) is 23.3. The summed E-state index contributed by atoms with van der Waals surface area (Å²) in [6.45, 7) is 0. The van der Waals surface area contributed by atoms with Crippen LogP contribution in [0, 0.1) is 35.5 Å². The van der Waals surface area contributed by atoms with Crippen molar-refractivity contribution < 1.29 is 4.42 Å². The van der Waals surface area contributed by atoms with Gasteiger partial charge < -0.3 is 8.98 Å². The van der Waals surface area contributed by atoms with Crippen LogP contribution in [-0.2, 0) is 10.8 Å². The van der Waals surface area contributed by atoms with E-state index in [0.717, 1.165) is 85.4 Å². The average molecular weight is 909 g/mol. The van der Waals surface area contributed by atoms with E-state index in [-0.39, 0.29) is 0 Å². The van der Waals surface area contributed by atoms with Gasteiger partial charge in [0.05, 0.1) is 16.6 Å². The predicted molar refractivity (Wildman–Crippen MR) is 283 cm³/mol. The third-order valence-electron chi connectivity index (χ3n) is 19.0. The highest BCUT2D eigenvalue weighted by atomic mass is 16.3. The lowest BCUT2D eigenvalue weighted by Gasteiger charge is -2.57. The smallest absolute Gasteiger partial charge is 0.167 e. The number of nitrogens with zero attached hydrogens (tertiary/aromatic N) is 4. The minimum atomic E-state index is 0.321. The maximum Gasteiger partial charge on any atom is 0.167 e. The Hall–Kier alpha value is -6.85. The third-order valence-corrected chi connectivity index (χ3v) is 19.0. The summed E-state index contributed by atoms with van der Waals surface area (Å²) in [5.41, 5.74) is 14.1. The molecule has 0 aliphatic heterocycles. The van der Waals surface area contributed by atoms with E-state index in [2.05, 4.69) is 162 Å². The fraction of sp³-hybridized carbons (Fsp3) is 0.308. The number of benzene rings is 7. The molecule has 8 bridgehead atoms. The van der Waals surface area contributed by atoms with Crippen LogP contribution in [0.4, 0.5) is 0 Å². The van der Waals surface area contributed by atoms with Gasteiger partial charge in [-0.1, -0.05) is 103 Å². The lowest BCUT2D eigenvalue weighted by molar-refractivity contribution is -0.00530. The highest BCUT2D eigenvalue weighted by Crippen LogP contribution is 2.62. The van der Waals surface area contributed by atoms with Gasteiger partial charge in [0, 0.05) is 38.4 Å². The van der Waals surface area contributed by atoms with E-state index < -0.39 is 0 Å². The van der Waals surface area contributed by atoms with Crippen molar-refractivity contribution in [1.29, 1.82) is 0 Å². The monoisotopic (exact) mass is 908 g/mol. The van der Waals surface area contributed by atoms with Crippen LogP contribution < -0.4 is 0 Å². The van der Waals surface area contributed by atoms with Crippen LogP contribution in [0.3, 0.4) is 0 Å². The van der Waals surface area contributed by atoms with E-state index in [9.17, 15) is 0 Å². The zero-order valence-corrected chi connectivity index (χ0v) is 39.7. The summed E-state index contributed by atoms with van der Waals surface area (Å²) >= 11 is 0. The van der Waals surface area contributed by atoms with Gasteiger partial charge in [-0.25, -0.2) is 15.0 Å². The molecule has 3 aromatic heterocycles. The molecule has 0 atom stereocenters. The molecule has 8 fully saturated rings. The fourth-order valence-electron chi connectivity index (χ4n) is 16.8. The van der Waals surface area contributed by atoms with Crippen LogP contribution >= 0.6 is 0 Å². The van der Waals surface area contributed by atoms with Crippen molar-refractivity contribution in [3.8, 4) is 51.0 Å². The Kier molecular flexibility index (Phi) is 8.47. The Morgan fingerprint density at radius 1 is 0.386 bits per heavy atom. The molecule has 5 heteroatoms. The summed E-state index contributed by atoms with van der Waals surface area (Å²) in [6, 6.07) is 58.3. The van der Waals surface area contributed by atoms with Crippen molar-refractivity contribution >= 4 is 43.7 Å².